The summed E-state index contributed by atoms with van der Waals surface area (Å²) in [7, 11) is 0. The molecule has 0 saturated heterocycles. The van der Waals surface area contributed by atoms with E-state index in [1.54, 1.807) is 12.1 Å². The van der Waals surface area contributed by atoms with Gasteiger partial charge in [-0.1, -0.05) is 19.1 Å². The molecule has 0 radical (unpaired) electrons. The molecule has 1 rings (SSSR count). The highest BCUT2D eigenvalue weighted by Crippen LogP contribution is 2.23. The summed E-state index contributed by atoms with van der Waals surface area (Å²) in [5.74, 6) is 0.0370. The Bertz CT molecular complexity index is 491. The second-order valence-electron chi connectivity index (χ2n) is 6.29. The van der Waals surface area contributed by atoms with Gasteiger partial charge in [-0.05, 0) is 57.7 Å². The molecule has 0 aliphatic carbocycles. The van der Waals surface area contributed by atoms with Crippen molar-refractivity contribution < 1.29 is 9.53 Å². The number of rotatable bonds is 4. The fourth-order valence-corrected chi connectivity index (χ4v) is 2.00. The summed E-state index contributed by atoms with van der Waals surface area (Å²) >= 11 is 0. The van der Waals surface area contributed by atoms with E-state index < -0.39 is 5.60 Å². The number of carbonyl (C=O) groups is 1. The molecule has 0 amide bonds. The third kappa shape index (κ3) is 5.05. The number of hydrogen-bond donors (Lipinski definition) is 0. The number of carbonyl (C=O) groups excluding carboxylic acids is 1. The third-order valence-corrected chi connectivity index (χ3v) is 3.04. The van der Waals surface area contributed by atoms with Gasteiger partial charge in [0.25, 0.3) is 0 Å². The van der Waals surface area contributed by atoms with Crippen LogP contribution in [0.1, 0.15) is 62.9 Å². The maximum absolute atomic E-state index is 11.9. The molecular formula is C17H23NO2. The lowest BCUT2D eigenvalue weighted by Gasteiger charge is -2.19. The van der Waals surface area contributed by atoms with Gasteiger partial charge < -0.3 is 4.74 Å². The van der Waals surface area contributed by atoms with Crippen molar-refractivity contribution in [3.8, 4) is 6.07 Å². The maximum atomic E-state index is 11.9. The molecule has 3 heteroatoms. The van der Waals surface area contributed by atoms with Crippen molar-refractivity contribution in [3.05, 3.63) is 35.4 Å². The highest BCUT2D eigenvalue weighted by atomic mass is 16.6. The number of hydrogen-bond acceptors (Lipinski definition) is 3. The van der Waals surface area contributed by atoms with Gasteiger partial charge in [0.05, 0.1) is 11.6 Å². The van der Waals surface area contributed by atoms with Crippen LogP contribution in [0.4, 0.5) is 0 Å². The Morgan fingerprint density at radius 2 is 1.80 bits per heavy atom. The Kier molecular flexibility index (Phi) is 5.33. The van der Waals surface area contributed by atoms with Crippen molar-refractivity contribution in [1.29, 1.82) is 5.26 Å². The zero-order chi connectivity index (χ0) is 15.3. The Hall–Kier alpha value is -1.82. The first-order chi connectivity index (χ1) is 9.23. The van der Waals surface area contributed by atoms with Crippen LogP contribution in [0.15, 0.2) is 24.3 Å². The van der Waals surface area contributed by atoms with Crippen LogP contribution in [0.5, 0.6) is 0 Å². The molecule has 0 N–H and O–H groups in total. The normalized spacial score (nSPS) is 14.2. The minimum Gasteiger partial charge on any atom is -0.456 e. The summed E-state index contributed by atoms with van der Waals surface area (Å²) in [6, 6.07) is 9.70. The molecule has 0 spiro atoms. The molecular weight excluding hydrogens is 250 g/mol. The van der Waals surface area contributed by atoms with Crippen molar-refractivity contribution in [2.75, 3.05) is 0 Å². The van der Waals surface area contributed by atoms with E-state index in [4.69, 9.17) is 10.00 Å². The average molecular weight is 273 g/mol. The van der Waals surface area contributed by atoms with Gasteiger partial charge in [0.15, 0.2) is 0 Å². The molecule has 0 aliphatic rings. The fraction of sp³-hybridized carbons (Fsp3) is 0.529. The van der Waals surface area contributed by atoms with E-state index >= 15 is 0 Å². The van der Waals surface area contributed by atoms with Gasteiger partial charge in [0.2, 0.25) is 0 Å². The highest BCUT2D eigenvalue weighted by Gasteiger charge is 2.18. The van der Waals surface area contributed by atoms with Gasteiger partial charge in [-0.15, -0.1) is 0 Å². The van der Waals surface area contributed by atoms with Gasteiger partial charge in [-0.25, -0.2) is 4.79 Å². The number of benzene rings is 1. The number of nitrogens with zero attached hydrogens (tertiary/aromatic N) is 1. The first-order valence-electron chi connectivity index (χ1n) is 6.96. The van der Waals surface area contributed by atoms with Crippen LogP contribution in [0.3, 0.4) is 0 Å². The minimum atomic E-state index is -0.481. The molecule has 2 atom stereocenters. The standard InChI is InChI=1S/C17H23NO2/c1-12(11-18)10-13(2)14-6-8-15(9-7-14)16(19)20-17(3,4)5/h6-9,12-13H,10H2,1-5H3. The van der Waals surface area contributed by atoms with Crippen LogP contribution >= 0.6 is 0 Å². The molecule has 2 unspecified atom stereocenters. The van der Waals surface area contributed by atoms with Crippen molar-refractivity contribution >= 4 is 5.97 Å². The van der Waals surface area contributed by atoms with Gasteiger partial charge in [0, 0.05) is 5.92 Å². The Morgan fingerprint density at radius 1 is 1.25 bits per heavy atom. The van der Waals surface area contributed by atoms with Crippen LogP contribution < -0.4 is 0 Å². The molecule has 1 aromatic rings. The SMILES string of the molecule is CC(C#N)CC(C)c1ccc(C(=O)OC(C)(C)C)cc1. The molecule has 0 fully saturated rings. The van der Waals surface area contributed by atoms with Crippen molar-refractivity contribution in [2.45, 2.75) is 52.6 Å². The molecule has 1 aromatic carbocycles. The smallest absolute Gasteiger partial charge is 0.338 e. The predicted octanol–water partition coefficient (Wildman–Crippen LogP) is 4.30. The zero-order valence-corrected chi connectivity index (χ0v) is 12.9. The summed E-state index contributed by atoms with van der Waals surface area (Å²) in [5.41, 5.74) is 1.22. The van der Waals surface area contributed by atoms with Crippen LogP contribution in [-0.4, -0.2) is 11.6 Å². The van der Waals surface area contributed by atoms with Gasteiger partial charge in [-0.2, -0.15) is 5.26 Å². The lowest BCUT2D eigenvalue weighted by Crippen LogP contribution is -2.23. The van der Waals surface area contributed by atoms with E-state index in [0.29, 0.717) is 11.5 Å². The van der Waals surface area contributed by atoms with E-state index in [2.05, 4.69) is 13.0 Å². The largest absolute Gasteiger partial charge is 0.456 e. The van der Waals surface area contributed by atoms with Crippen LogP contribution in [0.2, 0.25) is 0 Å². The summed E-state index contributed by atoms with van der Waals surface area (Å²) in [6.07, 6.45) is 0.822. The predicted molar refractivity (Wildman–Crippen MR) is 79.4 cm³/mol. The maximum Gasteiger partial charge on any atom is 0.338 e. The van der Waals surface area contributed by atoms with Crippen molar-refractivity contribution in [1.82, 2.24) is 0 Å². The quantitative estimate of drug-likeness (QED) is 0.769. The first-order valence-corrected chi connectivity index (χ1v) is 6.96. The Balaban J connectivity index is 2.74. The summed E-state index contributed by atoms with van der Waals surface area (Å²) in [4.78, 5) is 11.9. The lowest BCUT2D eigenvalue weighted by molar-refractivity contribution is 0.00695. The minimum absolute atomic E-state index is 0.0375. The number of nitriles is 1. The molecule has 0 bridgehead atoms. The summed E-state index contributed by atoms with van der Waals surface area (Å²) in [6.45, 7) is 9.57. The van der Waals surface area contributed by atoms with Crippen LogP contribution in [0, 0.1) is 17.2 Å². The highest BCUT2D eigenvalue weighted by molar-refractivity contribution is 5.89. The lowest BCUT2D eigenvalue weighted by atomic mass is 9.91. The van der Waals surface area contributed by atoms with E-state index in [1.165, 1.54) is 0 Å². The molecule has 3 nitrogen and oxygen atoms in total. The van der Waals surface area contributed by atoms with E-state index in [9.17, 15) is 4.79 Å². The third-order valence-electron chi connectivity index (χ3n) is 3.04. The Morgan fingerprint density at radius 3 is 2.25 bits per heavy atom. The second-order valence-corrected chi connectivity index (χ2v) is 6.29. The first kappa shape index (κ1) is 16.2. The van der Waals surface area contributed by atoms with Gasteiger partial charge in [-0.3, -0.25) is 0 Å². The Labute approximate surface area is 121 Å². The van der Waals surface area contributed by atoms with Crippen LogP contribution in [0.25, 0.3) is 0 Å². The van der Waals surface area contributed by atoms with E-state index in [1.807, 2.05) is 39.8 Å². The molecule has 0 aliphatic heterocycles. The molecule has 108 valence electrons. The van der Waals surface area contributed by atoms with Gasteiger partial charge >= 0.3 is 5.97 Å². The molecule has 20 heavy (non-hydrogen) atoms. The molecule has 0 saturated carbocycles. The van der Waals surface area contributed by atoms with Crippen molar-refractivity contribution in [2.24, 2.45) is 5.92 Å². The average Bonchev–Trinajstić information content (AvgIpc) is 2.36. The van der Waals surface area contributed by atoms with E-state index in [0.717, 1.165) is 12.0 Å². The topological polar surface area (TPSA) is 50.1 Å². The van der Waals surface area contributed by atoms with E-state index in [-0.39, 0.29) is 11.9 Å². The molecule has 0 heterocycles. The second kappa shape index (κ2) is 6.56. The fourth-order valence-electron chi connectivity index (χ4n) is 2.00. The number of ether oxygens (including phenoxy) is 1. The summed E-state index contributed by atoms with van der Waals surface area (Å²) in [5, 5.41) is 8.84. The van der Waals surface area contributed by atoms with Crippen LogP contribution in [-0.2, 0) is 4.74 Å². The zero-order valence-electron chi connectivity index (χ0n) is 12.9. The monoisotopic (exact) mass is 273 g/mol. The van der Waals surface area contributed by atoms with Gasteiger partial charge in [0.1, 0.15) is 5.60 Å². The number of esters is 1. The van der Waals surface area contributed by atoms with Crippen molar-refractivity contribution in [3.63, 3.8) is 0 Å². The molecule has 0 aromatic heterocycles. The summed E-state index contributed by atoms with van der Waals surface area (Å²) < 4.78 is 5.32.